The summed E-state index contributed by atoms with van der Waals surface area (Å²) in [7, 11) is 0. The minimum atomic E-state index is -1.76. The summed E-state index contributed by atoms with van der Waals surface area (Å²) in [6, 6.07) is 4.52. The fourth-order valence-electron chi connectivity index (χ4n) is 3.53. The Hall–Kier alpha value is -2.94. The number of benzene rings is 1. The lowest BCUT2D eigenvalue weighted by atomic mass is 9.86. The van der Waals surface area contributed by atoms with Gasteiger partial charge < -0.3 is 25.1 Å². The molecular formula is C29H45NO8. The Morgan fingerprint density at radius 3 is 1.89 bits per heavy atom. The number of aliphatic carboxylic acids is 1. The zero-order chi connectivity index (χ0) is 29.2. The molecule has 9 nitrogen and oxygen atoms in total. The maximum Gasteiger partial charge on any atom is 0.324 e. The van der Waals surface area contributed by atoms with E-state index in [1.807, 2.05) is 34.6 Å². The van der Waals surface area contributed by atoms with Gasteiger partial charge in [0.05, 0.1) is 11.8 Å². The first-order chi connectivity index (χ1) is 17.6. The van der Waals surface area contributed by atoms with Crippen molar-refractivity contribution in [2.75, 3.05) is 0 Å². The van der Waals surface area contributed by atoms with Gasteiger partial charge >= 0.3 is 23.9 Å². The van der Waals surface area contributed by atoms with Gasteiger partial charge in [-0.05, 0) is 42.9 Å². The molecule has 1 rings (SSSR count). The van der Waals surface area contributed by atoms with E-state index in [4.69, 9.17) is 19.9 Å². The van der Waals surface area contributed by atoms with Gasteiger partial charge in [-0.25, -0.2) is 0 Å². The smallest absolute Gasteiger partial charge is 0.324 e. The number of carbonyl (C=O) groups excluding carboxylic acids is 3. The van der Waals surface area contributed by atoms with Gasteiger partial charge in [0, 0.05) is 19.3 Å². The molecule has 3 unspecified atom stereocenters. The van der Waals surface area contributed by atoms with Crippen molar-refractivity contribution in [3.63, 3.8) is 0 Å². The zero-order valence-corrected chi connectivity index (χ0v) is 24.0. The summed E-state index contributed by atoms with van der Waals surface area (Å²) in [5, 5.41) is 9.93. The van der Waals surface area contributed by atoms with Crippen molar-refractivity contribution in [1.82, 2.24) is 0 Å². The number of esters is 3. The summed E-state index contributed by atoms with van der Waals surface area (Å²) in [6.07, 6.45) is 0.793. The second-order valence-corrected chi connectivity index (χ2v) is 10.9. The Balaban J connectivity index is 3.26. The first-order valence-corrected chi connectivity index (χ1v) is 13.4. The maximum atomic E-state index is 12.7. The van der Waals surface area contributed by atoms with E-state index in [9.17, 15) is 24.3 Å². The number of carboxylic acid groups (broad SMARTS) is 1. The molecule has 3 N–H and O–H groups in total. The van der Waals surface area contributed by atoms with Gasteiger partial charge in [0.15, 0.2) is 11.5 Å². The molecule has 0 amide bonds. The fourth-order valence-corrected chi connectivity index (χ4v) is 3.53. The first-order valence-electron chi connectivity index (χ1n) is 13.4. The van der Waals surface area contributed by atoms with Crippen molar-refractivity contribution in [2.24, 2.45) is 29.4 Å². The molecule has 214 valence electrons. The van der Waals surface area contributed by atoms with Crippen molar-refractivity contribution in [3.05, 3.63) is 23.8 Å². The molecule has 9 heteroatoms. The standard InChI is InChI=1S/C29H45NO8/c1-9-10-11-25(31)36-19(6)15-29(30,28(34)35)16-22-12-13-23(37-26(32)20(7)17(2)3)24(14-22)38-27(33)21(8)18(4)5/h12-14,17-21H,9-11,15-16,30H2,1-8H3,(H,34,35)/t19-,20?,21?,29?/m0/s1. The summed E-state index contributed by atoms with van der Waals surface area (Å²) >= 11 is 0. The highest BCUT2D eigenvalue weighted by atomic mass is 16.6. The Morgan fingerprint density at radius 1 is 0.895 bits per heavy atom. The van der Waals surface area contributed by atoms with E-state index in [2.05, 4.69) is 0 Å². The van der Waals surface area contributed by atoms with Gasteiger partial charge in [-0.3, -0.25) is 19.2 Å². The van der Waals surface area contributed by atoms with Gasteiger partial charge in [0.25, 0.3) is 0 Å². The predicted molar refractivity (Wildman–Crippen MR) is 144 cm³/mol. The second kappa shape index (κ2) is 14.9. The van der Waals surface area contributed by atoms with Crippen LogP contribution in [0.15, 0.2) is 18.2 Å². The van der Waals surface area contributed by atoms with Gasteiger partial charge in [-0.2, -0.15) is 0 Å². The van der Waals surface area contributed by atoms with Crippen LogP contribution in [0, 0.1) is 23.7 Å². The summed E-state index contributed by atoms with van der Waals surface area (Å²) in [6.45, 7) is 14.6. The monoisotopic (exact) mass is 535 g/mol. The van der Waals surface area contributed by atoms with Crippen LogP contribution in [0.2, 0.25) is 0 Å². The summed E-state index contributed by atoms with van der Waals surface area (Å²) in [5.41, 5.74) is 4.99. The number of ether oxygens (including phenoxy) is 3. The normalized spacial score (nSPS) is 15.3. The summed E-state index contributed by atoms with van der Waals surface area (Å²) in [5.74, 6) is -3.32. The topological polar surface area (TPSA) is 142 Å². The third-order valence-corrected chi connectivity index (χ3v) is 6.84. The van der Waals surface area contributed by atoms with Crippen LogP contribution < -0.4 is 15.2 Å². The van der Waals surface area contributed by atoms with Crippen LogP contribution >= 0.6 is 0 Å². The lowest BCUT2D eigenvalue weighted by molar-refractivity contribution is -0.153. The van der Waals surface area contributed by atoms with Crippen LogP contribution in [-0.2, 0) is 30.3 Å². The molecule has 0 spiro atoms. The molecule has 0 saturated heterocycles. The Morgan fingerprint density at radius 2 is 1.42 bits per heavy atom. The van der Waals surface area contributed by atoms with Crippen LogP contribution in [-0.4, -0.2) is 40.6 Å². The van der Waals surface area contributed by atoms with E-state index in [1.165, 1.54) is 12.1 Å². The van der Waals surface area contributed by atoms with Gasteiger partial charge in [-0.15, -0.1) is 0 Å². The largest absolute Gasteiger partial charge is 0.480 e. The Bertz CT molecular complexity index is 973. The Labute approximate surface area is 226 Å². The van der Waals surface area contributed by atoms with Crippen LogP contribution in [0.25, 0.3) is 0 Å². The molecule has 0 aromatic heterocycles. The molecule has 4 atom stereocenters. The third kappa shape index (κ3) is 10.1. The quantitative estimate of drug-likeness (QED) is 0.236. The summed E-state index contributed by atoms with van der Waals surface area (Å²) in [4.78, 5) is 49.5. The van der Waals surface area contributed by atoms with E-state index < -0.39 is 47.4 Å². The average molecular weight is 536 g/mol. The third-order valence-electron chi connectivity index (χ3n) is 6.84. The molecule has 0 radical (unpaired) electrons. The van der Waals surface area contributed by atoms with E-state index in [-0.39, 0.29) is 42.6 Å². The number of unbranched alkanes of at least 4 members (excludes halogenated alkanes) is 1. The van der Waals surface area contributed by atoms with Crippen molar-refractivity contribution in [3.8, 4) is 11.5 Å². The van der Waals surface area contributed by atoms with Crippen molar-refractivity contribution in [1.29, 1.82) is 0 Å². The number of rotatable bonds is 15. The molecule has 1 aromatic carbocycles. The minimum Gasteiger partial charge on any atom is -0.480 e. The van der Waals surface area contributed by atoms with Crippen molar-refractivity contribution in [2.45, 2.75) is 99.1 Å². The highest BCUT2D eigenvalue weighted by Crippen LogP contribution is 2.33. The predicted octanol–water partition coefficient (Wildman–Crippen LogP) is 4.92. The van der Waals surface area contributed by atoms with Crippen LogP contribution in [0.5, 0.6) is 11.5 Å². The lowest BCUT2D eigenvalue weighted by Crippen LogP contribution is -2.52. The van der Waals surface area contributed by atoms with Gasteiger partial charge in [0.2, 0.25) is 0 Å². The highest BCUT2D eigenvalue weighted by molar-refractivity contribution is 5.80. The maximum absolute atomic E-state index is 12.7. The summed E-state index contributed by atoms with van der Waals surface area (Å²) < 4.78 is 16.5. The van der Waals surface area contributed by atoms with Gasteiger partial charge in [0.1, 0.15) is 11.6 Å². The molecule has 0 heterocycles. The number of hydrogen-bond acceptors (Lipinski definition) is 8. The van der Waals surface area contributed by atoms with Crippen LogP contribution in [0.3, 0.4) is 0 Å². The molecule has 0 saturated carbocycles. The second-order valence-electron chi connectivity index (χ2n) is 10.9. The number of hydrogen-bond donors (Lipinski definition) is 2. The zero-order valence-electron chi connectivity index (χ0n) is 24.0. The van der Waals surface area contributed by atoms with Crippen molar-refractivity contribution >= 4 is 23.9 Å². The molecule has 0 fully saturated rings. The average Bonchev–Trinajstić information content (AvgIpc) is 2.82. The van der Waals surface area contributed by atoms with E-state index in [0.29, 0.717) is 12.0 Å². The molecular weight excluding hydrogens is 490 g/mol. The molecule has 0 aliphatic rings. The highest BCUT2D eigenvalue weighted by Gasteiger charge is 2.37. The minimum absolute atomic E-state index is 0.0103. The fraction of sp³-hybridized carbons (Fsp3) is 0.655. The SMILES string of the molecule is CCCCC(=O)O[C@@H](C)CC(N)(Cc1ccc(OC(=O)C(C)C(C)C)c(OC(=O)C(C)C(C)C)c1)C(=O)O. The lowest BCUT2D eigenvalue weighted by Gasteiger charge is -2.28. The molecule has 1 aromatic rings. The van der Waals surface area contributed by atoms with E-state index in [0.717, 1.165) is 6.42 Å². The molecule has 0 aliphatic heterocycles. The van der Waals surface area contributed by atoms with E-state index in [1.54, 1.807) is 26.8 Å². The van der Waals surface area contributed by atoms with Crippen LogP contribution in [0.4, 0.5) is 0 Å². The molecule has 38 heavy (non-hydrogen) atoms. The van der Waals surface area contributed by atoms with E-state index >= 15 is 0 Å². The van der Waals surface area contributed by atoms with Crippen LogP contribution in [0.1, 0.15) is 86.6 Å². The number of carboxylic acids is 1. The molecule has 0 aliphatic carbocycles. The van der Waals surface area contributed by atoms with Crippen molar-refractivity contribution < 1.29 is 38.5 Å². The first kappa shape index (κ1) is 33.1. The Kier molecular flexibility index (Phi) is 12.9. The molecule has 0 bridgehead atoms. The van der Waals surface area contributed by atoms with Gasteiger partial charge in [-0.1, -0.05) is 61.0 Å². The number of nitrogens with two attached hydrogens (primary N) is 1. The number of carbonyl (C=O) groups is 4.